The molecule has 1 heterocycles. The Hall–Kier alpha value is -1.62. The minimum absolute atomic E-state index is 0.136. The van der Waals surface area contributed by atoms with E-state index in [1.54, 1.807) is 27.7 Å². The molecule has 0 unspecified atom stereocenters. The van der Waals surface area contributed by atoms with Crippen molar-refractivity contribution >= 4 is 11.7 Å². The Bertz CT molecular complexity index is 422. The number of rotatable bonds is 4. The lowest BCUT2D eigenvalue weighted by atomic mass is 9.85. The fraction of sp³-hybridized carbons (Fsp3) is 0.500. The van der Waals surface area contributed by atoms with Gasteiger partial charge in [-0.15, -0.1) is 0 Å². The third-order valence-corrected chi connectivity index (χ3v) is 3.03. The van der Waals surface area contributed by atoms with Crippen LogP contribution in [0, 0.1) is 0 Å². The van der Waals surface area contributed by atoms with Gasteiger partial charge >= 0.3 is 5.97 Å². The van der Waals surface area contributed by atoms with Crippen LogP contribution in [0.2, 0.25) is 0 Å². The molecule has 1 aromatic rings. The van der Waals surface area contributed by atoms with Crippen molar-refractivity contribution in [2.45, 2.75) is 38.8 Å². The van der Waals surface area contributed by atoms with Crippen molar-refractivity contribution in [2.24, 2.45) is 0 Å². The van der Waals surface area contributed by atoms with Crippen molar-refractivity contribution in [1.82, 2.24) is 4.98 Å². The smallest absolute Gasteiger partial charge is 0.337 e. The number of carboxylic acids is 1. The molecule has 3 N–H and O–H groups in total. The lowest BCUT2D eigenvalue weighted by molar-refractivity contribution is 0.0239. The van der Waals surface area contributed by atoms with Gasteiger partial charge in [0.05, 0.1) is 28.6 Å². The van der Waals surface area contributed by atoms with Crippen LogP contribution in [0.3, 0.4) is 0 Å². The number of pyridine rings is 1. The molecule has 0 saturated heterocycles. The highest BCUT2D eigenvalue weighted by atomic mass is 16.4. The van der Waals surface area contributed by atoms with Crippen molar-refractivity contribution in [3.05, 3.63) is 24.0 Å². The van der Waals surface area contributed by atoms with E-state index in [1.165, 1.54) is 18.5 Å². The molecule has 0 spiro atoms. The third-order valence-electron chi connectivity index (χ3n) is 3.03. The van der Waals surface area contributed by atoms with E-state index in [-0.39, 0.29) is 5.56 Å². The van der Waals surface area contributed by atoms with Crippen LogP contribution < -0.4 is 5.32 Å². The van der Waals surface area contributed by atoms with Gasteiger partial charge in [-0.25, -0.2) is 4.79 Å². The number of hydrogen-bond donors (Lipinski definition) is 3. The van der Waals surface area contributed by atoms with Crippen LogP contribution in [0.15, 0.2) is 18.5 Å². The largest absolute Gasteiger partial charge is 0.478 e. The van der Waals surface area contributed by atoms with Crippen LogP contribution in [0.1, 0.15) is 38.1 Å². The van der Waals surface area contributed by atoms with Gasteiger partial charge in [0.15, 0.2) is 0 Å². The van der Waals surface area contributed by atoms with Crippen LogP contribution in [0.5, 0.6) is 0 Å². The second-order valence-electron chi connectivity index (χ2n) is 5.04. The Morgan fingerprint density at radius 3 is 2.41 bits per heavy atom. The van der Waals surface area contributed by atoms with Gasteiger partial charge in [-0.05, 0) is 33.8 Å². The molecule has 0 fully saturated rings. The third kappa shape index (κ3) is 2.94. The van der Waals surface area contributed by atoms with Crippen LogP contribution in [-0.2, 0) is 0 Å². The Balaban J connectivity index is 3.08. The van der Waals surface area contributed by atoms with Crippen LogP contribution in [0.25, 0.3) is 0 Å². The molecule has 1 rings (SSSR count). The minimum atomic E-state index is -1.03. The maximum atomic E-state index is 11.0. The molecular weight excluding hydrogens is 220 g/mol. The maximum absolute atomic E-state index is 11.0. The predicted octanol–water partition coefficient (Wildman–Crippen LogP) is 1.74. The standard InChI is InChI=1S/C12H18N2O3/c1-11(2,12(3,4)17)14-9-7-13-6-5-8(9)10(15)16/h5-7,14,17H,1-4H3,(H,15,16). The average Bonchev–Trinajstić information content (AvgIpc) is 2.15. The summed E-state index contributed by atoms with van der Waals surface area (Å²) in [5.41, 5.74) is -1.15. The van der Waals surface area contributed by atoms with Gasteiger partial charge in [0.25, 0.3) is 0 Å². The molecule has 0 aromatic carbocycles. The van der Waals surface area contributed by atoms with Gasteiger partial charge < -0.3 is 15.5 Å². The SMILES string of the molecule is CC(C)(O)C(C)(C)Nc1cnccc1C(=O)O. The summed E-state index contributed by atoms with van der Waals surface area (Å²) in [7, 11) is 0. The lowest BCUT2D eigenvalue weighted by Gasteiger charge is -2.39. The summed E-state index contributed by atoms with van der Waals surface area (Å²) in [4.78, 5) is 14.9. The molecular formula is C12H18N2O3. The Morgan fingerprint density at radius 2 is 1.94 bits per heavy atom. The zero-order chi connectivity index (χ0) is 13.3. The van der Waals surface area contributed by atoms with E-state index in [2.05, 4.69) is 10.3 Å². The number of carboxylic acid groups (broad SMARTS) is 1. The van der Waals surface area contributed by atoms with Gasteiger partial charge in [0.1, 0.15) is 0 Å². The van der Waals surface area contributed by atoms with E-state index >= 15 is 0 Å². The van der Waals surface area contributed by atoms with Gasteiger partial charge in [0.2, 0.25) is 0 Å². The number of nitrogens with zero attached hydrogens (tertiary/aromatic N) is 1. The topological polar surface area (TPSA) is 82.5 Å². The monoisotopic (exact) mass is 238 g/mol. The fourth-order valence-corrected chi connectivity index (χ4v) is 1.17. The first-order valence-corrected chi connectivity index (χ1v) is 5.33. The molecule has 0 amide bonds. The quantitative estimate of drug-likeness (QED) is 0.744. The van der Waals surface area contributed by atoms with E-state index in [9.17, 15) is 9.90 Å². The molecule has 5 heteroatoms. The van der Waals surface area contributed by atoms with Crippen LogP contribution in [-0.4, -0.2) is 32.3 Å². The van der Waals surface area contributed by atoms with E-state index in [0.29, 0.717) is 5.69 Å². The van der Waals surface area contributed by atoms with Crippen molar-refractivity contribution in [3.8, 4) is 0 Å². The van der Waals surface area contributed by atoms with Gasteiger partial charge in [-0.1, -0.05) is 0 Å². The van der Waals surface area contributed by atoms with E-state index in [0.717, 1.165) is 0 Å². The van der Waals surface area contributed by atoms with E-state index in [4.69, 9.17) is 5.11 Å². The highest BCUT2D eigenvalue weighted by Crippen LogP contribution is 2.27. The number of hydrogen-bond acceptors (Lipinski definition) is 4. The molecule has 0 aliphatic heterocycles. The zero-order valence-electron chi connectivity index (χ0n) is 10.5. The molecule has 0 atom stereocenters. The molecule has 5 nitrogen and oxygen atoms in total. The summed E-state index contributed by atoms with van der Waals surface area (Å²) in [6.07, 6.45) is 2.86. The Kier molecular flexibility index (Phi) is 3.43. The second-order valence-corrected chi connectivity index (χ2v) is 5.04. The molecule has 0 aliphatic carbocycles. The predicted molar refractivity (Wildman–Crippen MR) is 65.2 cm³/mol. The first-order valence-electron chi connectivity index (χ1n) is 5.33. The van der Waals surface area contributed by atoms with Crippen LogP contribution >= 0.6 is 0 Å². The normalized spacial score (nSPS) is 12.3. The first kappa shape index (κ1) is 13.4. The Labute approximate surface area is 101 Å². The number of aromatic nitrogens is 1. The molecule has 94 valence electrons. The van der Waals surface area contributed by atoms with Crippen molar-refractivity contribution < 1.29 is 15.0 Å². The summed E-state index contributed by atoms with van der Waals surface area (Å²) in [5, 5.41) is 22.1. The summed E-state index contributed by atoms with van der Waals surface area (Å²) in [5.74, 6) is -1.03. The highest BCUT2D eigenvalue weighted by molar-refractivity contribution is 5.94. The number of anilines is 1. The molecule has 17 heavy (non-hydrogen) atoms. The maximum Gasteiger partial charge on any atom is 0.337 e. The number of aromatic carboxylic acids is 1. The molecule has 0 saturated carbocycles. The van der Waals surface area contributed by atoms with Crippen molar-refractivity contribution in [2.75, 3.05) is 5.32 Å². The summed E-state index contributed by atoms with van der Waals surface area (Å²) in [6.45, 7) is 6.92. The summed E-state index contributed by atoms with van der Waals surface area (Å²) in [6, 6.07) is 1.42. The molecule has 1 aromatic heterocycles. The summed E-state index contributed by atoms with van der Waals surface area (Å²) >= 11 is 0. The molecule has 0 bridgehead atoms. The number of nitrogens with one attached hydrogen (secondary N) is 1. The van der Waals surface area contributed by atoms with Crippen LogP contribution in [0.4, 0.5) is 5.69 Å². The van der Waals surface area contributed by atoms with E-state index in [1.807, 2.05) is 0 Å². The summed E-state index contributed by atoms with van der Waals surface area (Å²) < 4.78 is 0. The molecule has 0 radical (unpaired) electrons. The average molecular weight is 238 g/mol. The fourth-order valence-electron chi connectivity index (χ4n) is 1.17. The zero-order valence-corrected chi connectivity index (χ0v) is 10.5. The Morgan fingerprint density at radius 1 is 1.35 bits per heavy atom. The van der Waals surface area contributed by atoms with Gasteiger partial charge in [-0.3, -0.25) is 4.98 Å². The lowest BCUT2D eigenvalue weighted by Crippen LogP contribution is -2.51. The minimum Gasteiger partial charge on any atom is -0.478 e. The van der Waals surface area contributed by atoms with Gasteiger partial charge in [0, 0.05) is 6.20 Å². The first-order chi connectivity index (χ1) is 7.65. The number of carbonyl (C=O) groups is 1. The number of aliphatic hydroxyl groups is 1. The highest BCUT2D eigenvalue weighted by Gasteiger charge is 2.35. The van der Waals surface area contributed by atoms with Crippen molar-refractivity contribution in [3.63, 3.8) is 0 Å². The second kappa shape index (κ2) is 4.33. The van der Waals surface area contributed by atoms with E-state index < -0.39 is 17.1 Å². The van der Waals surface area contributed by atoms with Crippen molar-refractivity contribution in [1.29, 1.82) is 0 Å². The van der Waals surface area contributed by atoms with Gasteiger partial charge in [-0.2, -0.15) is 0 Å². The molecule has 0 aliphatic rings.